The highest BCUT2D eigenvalue weighted by Gasteiger charge is 2.39. The van der Waals surface area contributed by atoms with Crippen LogP contribution in [0.3, 0.4) is 0 Å². The molecular formula is C14H23NO7. The number of piperidine rings is 1. The SMILES string of the molecule is COC(=O)[C@@H]1CC[C@@H](OC(=O)OC(C)(C)C)CN1C(=O)OC. The molecule has 1 rings (SSSR count). The third kappa shape index (κ3) is 5.09. The maximum absolute atomic E-state index is 11.8. The molecule has 0 spiro atoms. The van der Waals surface area contributed by atoms with E-state index in [1.165, 1.54) is 19.1 Å². The van der Waals surface area contributed by atoms with Crippen molar-refractivity contribution in [3.05, 3.63) is 0 Å². The van der Waals surface area contributed by atoms with E-state index in [4.69, 9.17) is 9.47 Å². The van der Waals surface area contributed by atoms with Crippen LogP contribution in [0.5, 0.6) is 0 Å². The van der Waals surface area contributed by atoms with Gasteiger partial charge in [-0.1, -0.05) is 0 Å². The van der Waals surface area contributed by atoms with Gasteiger partial charge in [0.1, 0.15) is 17.7 Å². The molecular weight excluding hydrogens is 294 g/mol. The van der Waals surface area contributed by atoms with Crippen molar-refractivity contribution >= 4 is 18.2 Å². The minimum absolute atomic E-state index is 0.0473. The number of carbonyl (C=O) groups excluding carboxylic acids is 3. The van der Waals surface area contributed by atoms with Crippen LogP contribution in [0, 0.1) is 0 Å². The van der Waals surface area contributed by atoms with Gasteiger partial charge in [-0.15, -0.1) is 0 Å². The molecule has 1 fully saturated rings. The second-order valence-corrected chi connectivity index (χ2v) is 5.94. The Labute approximate surface area is 129 Å². The van der Waals surface area contributed by atoms with Gasteiger partial charge in [-0.2, -0.15) is 0 Å². The molecule has 8 nitrogen and oxygen atoms in total. The van der Waals surface area contributed by atoms with Crippen LogP contribution in [0.1, 0.15) is 33.6 Å². The molecule has 0 N–H and O–H groups in total. The molecule has 0 aromatic heterocycles. The number of hydrogen-bond acceptors (Lipinski definition) is 7. The van der Waals surface area contributed by atoms with E-state index in [1.807, 2.05) is 0 Å². The summed E-state index contributed by atoms with van der Waals surface area (Å²) in [6.07, 6.45) is -1.30. The lowest BCUT2D eigenvalue weighted by Gasteiger charge is -2.36. The number of hydrogen-bond donors (Lipinski definition) is 0. The molecule has 0 aliphatic carbocycles. The van der Waals surface area contributed by atoms with Gasteiger partial charge in [-0.05, 0) is 33.6 Å². The summed E-state index contributed by atoms with van der Waals surface area (Å²) < 4.78 is 19.6. The van der Waals surface area contributed by atoms with Gasteiger partial charge in [0.05, 0.1) is 20.8 Å². The minimum Gasteiger partial charge on any atom is -0.467 e. The Kier molecular flexibility index (Phi) is 6.01. The van der Waals surface area contributed by atoms with Gasteiger partial charge >= 0.3 is 18.2 Å². The van der Waals surface area contributed by atoms with Gasteiger partial charge in [-0.25, -0.2) is 14.4 Å². The van der Waals surface area contributed by atoms with Crippen LogP contribution in [0.15, 0.2) is 0 Å². The monoisotopic (exact) mass is 317 g/mol. The first-order valence-electron chi connectivity index (χ1n) is 7.00. The maximum atomic E-state index is 11.8. The average Bonchev–Trinajstić information content (AvgIpc) is 2.43. The highest BCUT2D eigenvalue weighted by atomic mass is 16.7. The second-order valence-electron chi connectivity index (χ2n) is 5.94. The quantitative estimate of drug-likeness (QED) is 0.565. The third-order valence-corrected chi connectivity index (χ3v) is 3.07. The zero-order valence-corrected chi connectivity index (χ0v) is 13.6. The Morgan fingerprint density at radius 3 is 2.18 bits per heavy atom. The van der Waals surface area contributed by atoms with Crippen LogP contribution >= 0.6 is 0 Å². The Balaban J connectivity index is 2.69. The first-order chi connectivity index (χ1) is 10.2. The van der Waals surface area contributed by atoms with Crippen molar-refractivity contribution < 1.29 is 33.3 Å². The highest BCUT2D eigenvalue weighted by Crippen LogP contribution is 2.22. The van der Waals surface area contributed by atoms with Crippen molar-refractivity contribution in [2.75, 3.05) is 20.8 Å². The van der Waals surface area contributed by atoms with E-state index in [2.05, 4.69) is 9.47 Å². The Hall–Kier alpha value is -1.99. The second kappa shape index (κ2) is 7.33. The number of carbonyl (C=O) groups is 3. The van der Waals surface area contributed by atoms with E-state index in [1.54, 1.807) is 20.8 Å². The topological polar surface area (TPSA) is 91.4 Å². The van der Waals surface area contributed by atoms with Gasteiger partial charge in [0.25, 0.3) is 0 Å². The van der Waals surface area contributed by atoms with Gasteiger partial charge in [0.15, 0.2) is 0 Å². The van der Waals surface area contributed by atoms with Crippen molar-refractivity contribution in [2.24, 2.45) is 0 Å². The Morgan fingerprint density at radius 1 is 1.05 bits per heavy atom. The van der Waals surface area contributed by atoms with Gasteiger partial charge in [0, 0.05) is 0 Å². The first-order valence-corrected chi connectivity index (χ1v) is 7.00. The van der Waals surface area contributed by atoms with E-state index in [-0.39, 0.29) is 6.54 Å². The summed E-state index contributed by atoms with van der Waals surface area (Å²) in [7, 11) is 2.47. The number of rotatable bonds is 2. The number of nitrogens with zero attached hydrogens (tertiary/aromatic N) is 1. The molecule has 0 unspecified atom stereocenters. The predicted octanol–water partition coefficient (Wildman–Crippen LogP) is 1.71. The van der Waals surface area contributed by atoms with Crippen molar-refractivity contribution in [3.8, 4) is 0 Å². The zero-order valence-electron chi connectivity index (χ0n) is 13.6. The molecule has 0 aromatic rings. The Bertz CT molecular complexity index is 429. The normalized spacial score (nSPS) is 21.8. The maximum Gasteiger partial charge on any atom is 0.509 e. The van der Waals surface area contributed by atoms with E-state index in [9.17, 15) is 14.4 Å². The summed E-state index contributed by atoms with van der Waals surface area (Å²) in [4.78, 5) is 36.4. The number of methoxy groups -OCH3 is 2. The van der Waals surface area contributed by atoms with Crippen molar-refractivity contribution in [3.63, 3.8) is 0 Å². The molecule has 0 saturated carbocycles. The molecule has 8 heteroatoms. The van der Waals surface area contributed by atoms with Gasteiger partial charge in [0.2, 0.25) is 0 Å². The van der Waals surface area contributed by atoms with Crippen LogP contribution < -0.4 is 0 Å². The van der Waals surface area contributed by atoms with Gasteiger partial charge in [-0.3, -0.25) is 4.90 Å². The van der Waals surface area contributed by atoms with Gasteiger partial charge < -0.3 is 18.9 Å². The lowest BCUT2D eigenvalue weighted by molar-refractivity contribution is -0.149. The molecule has 1 amide bonds. The third-order valence-electron chi connectivity index (χ3n) is 3.07. The summed E-state index contributed by atoms with van der Waals surface area (Å²) in [6.45, 7) is 5.22. The van der Waals surface area contributed by atoms with E-state index in [0.717, 1.165) is 0 Å². The van der Waals surface area contributed by atoms with E-state index < -0.39 is 36.0 Å². The molecule has 2 atom stereocenters. The predicted molar refractivity (Wildman–Crippen MR) is 75.3 cm³/mol. The molecule has 22 heavy (non-hydrogen) atoms. The van der Waals surface area contributed by atoms with Crippen LogP contribution in [0.25, 0.3) is 0 Å². The van der Waals surface area contributed by atoms with Crippen LogP contribution in [-0.2, 0) is 23.7 Å². The average molecular weight is 317 g/mol. The fraction of sp³-hybridized carbons (Fsp3) is 0.786. The van der Waals surface area contributed by atoms with E-state index in [0.29, 0.717) is 12.8 Å². The highest BCUT2D eigenvalue weighted by molar-refractivity contribution is 5.81. The van der Waals surface area contributed by atoms with Crippen LogP contribution in [-0.4, -0.2) is 61.6 Å². The van der Waals surface area contributed by atoms with Crippen LogP contribution in [0.4, 0.5) is 9.59 Å². The fourth-order valence-electron chi connectivity index (χ4n) is 2.14. The van der Waals surface area contributed by atoms with Crippen molar-refractivity contribution in [1.29, 1.82) is 0 Å². The summed E-state index contributed by atoms with van der Waals surface area (Å²) >= 11 is 0. The number of esters is 1. The van der Waals surface area contributed by atoms with Crippen molar-refractivity contribution in [2.45, 2.75) is 51.4 Å². The lowest BCUT2D eigenvalue weighted by atomic mass is 10.0. The zero-order chi connectivity index (χ0) is 16.9. The number of amides is 1. The first kappa shape index (κ1) is 18.1. The largest absolute Gasteiger partial charge is 0.509 e. The number of likely N-dealkylation sites (tertiary alicyclic amines) is 1. The molecule has 1 aliphatic heterocycles. The smallest absolute Gasteiger partial charge is 0.467 e. The molecule has 0 aromatic carbocycles. The van der Waals surface area contributed by atoms with Crippen LogP contribution in [0.2, 0.25) is 0 Å². The minimum atomic E-state index is -0.807. The molecule has 0 radical (unpaired) electrons. The molecule has 1 aliphatic rings. The Morgan fingerprint density at radius 2 is 1.68 bits per heavy atom. The van der Waals surface area contributed by atoms with Crippen molar-refractivity contribution in [1.82, 2.24) is 4.90 Å². The lowest BCUT2D eigenvalue weighted by Crippen LogP contribution is -2.53. The summed E-state index contributed by atoms with van der Waals surface area (Å²) in [6, 6.07) is -0.740. The molecule has 0 bridgehead atoms. The summed E-state index contributed by atoms with van der Waals surface area (Å²) in [5.74, 6) is -0.527. The number of ether oxygens (including phenoxy) is 4. The summed E-state index contributed by atoms with van der Waals surface area (Å²) in [5, 5.41) is 0. The van der Waals surface area contributed by atoms with E-state index >= 15 is 0 Å². The fourth-order valence-corrected chi connectivity index (χ4v) is 2.14. The summed E-state index contributed by atoms with van der Waals surface area (Å²) in [5.41, 5.74) is -0.664. The molecule has 126 valence electrons. The molecule has 1 saturated heterocycles. The molecule has 1 heterocycles. The standard InChI is InChI=1S/C14H23NO7/c1-14(2,3)22-13(18)21-9-6-7-10(11(16)19-4)15(8-9)12(17)20-5/h9-10H,6-8H2,1-5H3/t9-,10+/m1/s1.